The zero-order valence-electron chi connectivity index (χ0n) is 12.6. The molecule has 122 valence electrons. The van der Waals surface area contributed by atoms with Gasteiger partial charge in [-0.2, -0.15) is 0 Å². The summed E-state index contributed by atoms with van der Waals surface area (Å²) in [5, 5.41) is 3.37. The monoisotopic (exact) mass is 344 g/mol. The highest BCUT2D eigenvalue weighted by molar-refractivity contribution is 7.91. The van der Waals surface area contributed by atoms with E-state index in [0.717, 1.165) is 6.54 Å². The fraction of sp³-hybridized carbons (Fsp3) is 0.533. The summed E-state index contributed by atoms with van der Waals surface area (Å²) in [6, 6.07) is 7.04. The van der Waals surface area contributed by atoms with Crippen molar-refractivity contribution in [1.29, 1.82) is 0 Å². The van der Waals surface area contributed by atoms with Crippen molar-refractivity contribution < 1.29 is 13.2 Å². The van der Waals surface area contributed by atoms with Crippen LogP contribution in [0.25, 0.3) is 0 Å². The summed E-state index contributed by atoms with van der Waals surface area (Å²) < 4.78 is 23.1. The molecule has 0 aromatic heterocycles. The van der Waals surface area contributed by atoms with Crippen molar-refractivity contribution >= 4 is 33.0 Å². The Hall–Kier alpha value is -1.11. The molecule has 0 saturated carbocycles. The van der Waals surface area contributed by atoms with Crippen LogP contribution in [-0.4, -0.2) is 49.9 Å². The average Bonchev–Trinajstić information content (AvgIpc) is 2.80. The second-order valence-electron chi connectivity index (χ2n) is 5.49. The summed E-state index contributed by atoms with van der Waals surface area (Å²) in [5.41, 5.74) is 0.670. The second kappa shape index (κ2) is 7.44. The topological polar surface area (TPSA) is 66.5 Å². The molecule has 22 heavy (non-hydrogen) atoms. The molecule has 0 aliphatic carbocycles. The summed E-state index contributed by atoms with van der Waals surface area (Å²) >= 11 is 5.87. The Morgan fingerprint density at radius 3 is 2.82 bits per heavy atom. The van der Waals surface area contributed by atoms with Crippen molar-refractivity contribution in [3.8, 4) is 0 Å². The van der Waals surface area contributed by atoms with Gasteiger partial charge in [0.05, 0.1) is 11.5 Å². The minimum Gasteiger partial charge on any atom is -0.326 e. The fourth-order valence-corrected chi connectivity index (χ4v) is 4.65. The standard InChI is InChI=1S/C15H21ClN2O3S/c1-2-18(14-7-9-22(20,21)11-14)8-6-15(19)17-13-5-3-4-12(16)10-13/h3-5,10,14H,2,6-9,11H2,1H3,(H,17,19). The van der Waals surface area contributed by atoms with Gasteiger partial charge in [-0.1, -0.05) is 24.6 Å². The second-order valence-corrected chi connectivity index (χ2v) is 8.16. The van der Waals surface area contributed by atoms with Crippen molar-refractivity contribution in [3.63, 3.8) is 0 Å². The number of benzene rings is 1. The van der Waals surface area contributed by atoms with Gasteiger partial charge < -0.3 is 5.32 Å². The minimum atomic E-state index is -2.90. The maximum Gasteiger partial charge on any atom is 0.225 e. The van der Waals surface area contributed by atoms with Crippen LogP contribution in [0.5, 0.6) is 0 Å². The maximum atomic E-state index is 12.0. The first kappa shape index (κ1) is 17.2. The molecule has 0 bridgehead atoms. The molecule has 1 aliphatic rings. The lowest BCUT2D eigenvalue weighted by Gasteiger charge is -2.26. The number of carbonyl (C=O) groups is 1. The minimum absolute atomic E-state index is 0.0361. The van der Waals surface area contributed by atoms with E-state index in [0.29, 0.717) is 30.1 Å². The van der Waals surface area contributed by atoms with Crippen LogP contribution in [-0.2, 0) is 14.6 Å². The Kier molecular flexibility index (Phi) is 5.83. The van der Waals surface area contributed by atoms with E-state index in [2.05, 4.69) is 10.2 Å². The van der Waals surface area contributed by atoms with Gasteiger partial charge >= 0.3 is 0 Å². The quantitative estimate of drug-likeness (QED) is 0.859. The van der Waals surface area contributed by atoms with Crippen LogP contribution < -0.4 is 5.32 Å². The first-order valence-corrected chi connectivity index (χ1v) is 9.59. The number of rotatable bonds is 6. The van der Waals surface area contributed by atoms with E-state index >= 15 is 0 Å². The molecular weight excluding hydrogens is 324 g/mol. The highest BCUT2D eigenvalue weighted by Crippen LogP contribution is 2.18. The molecule has 1 saturated heterocycles. The van der Waals surface area contributed by atoms with E-state index in [1.807, 2.05) is 6.92 Å². The molecule has 1 amide bonds. The van der Waals surface area contributed by atoms with E-state index in [4.69, 9.17) is 11.6 Å². The van der Waals surface area contributed by atoms with Gasteiger partial charge in [0.1, 0.15) is 0 Å². The van der Waals surface area contributed by atoms with Crippen LogP contribution in [0.15, 0.2) is 24.3 Å². The number of amides is 1. The van der Waals surface area contributed by atoms with Crippen LogP contribution in [0, 0.1) is 0 Å². The van der Waals surface area contributed by atoms with Gasteiger partial charge in [-0.05, 0) is 31.2 Å². The van der Waals surface area contributed by atoms with Gasteiger partial charge in [0, 0.05) is 29.7 Å². The van der Waals surface area contributed by atoms with E-state index < -0.39 is 9.84 Å². The predicted molar refractivity (Wildman–Crippen MR) is 89.0 cm³/mol. The predicted octanol–water partition coefficient (Wildman–Crippen LogP) is 2.18. The molecule has 1 unspecified atom stereocenters. The number of carbonyl (C=O) groups excluding carboxylic acids is 1. The van der Waals surface area contributed by atoms with Gasteiger partial charge in [-0.3, -0.25) is 9.69 Å². The SMILES string of the molecule is CCN(CCC(=O)Nc1cccc(Cl)c1)C1CCS(=O)(=O)C1. The Bertz CT molecular complexity index is 633. The molecular formula is C15H21ClN2O3S. The molecule has 0 spiro atoms. The number of hydrogen-bond donors (Lipinski definition) is 1. The van der Waals surface area contributed by atoms with Crippen molar-refractivity contribution in [2.24, 2.45) is 0 Å². The lowest BCUT2D eigenvalue weighted by Crippen LogP contribution is -2.38. The Morgan fingerprint density at radius 2 is 2.23 bits per heavy atom. The van der Waals surface area contributed by atoms with E-state index in [-0.39, 0.29) is 23.5 Å². The molecule has 1 aromatic rings. The summed E-state index contributed by atoms with van der Waals surface area (Å²) in [4.78, 5) is 14.1. The molecule has 7 heteroatoms. The normalized spacial score (nSPS) is 20.2. The third-order valence-electron chi connectivity index (χ3n) is 3.87. The summed E-state index contributed by atoms with van der Waals surface area (Å²) in [5.74, 6) is 0.362. The number of halogens is 1. The Morgan fingerprint density at radius 1 is 1.45 bits per heavy atom. The van der Waals surface area contributed by atoms with Crippen LogP contribution in [0.2, 0.25) is 5.02 Å². The van der Waals surface area contributed by atoms with Gasteiger partial charge in [0.15, 0.2) is 9.84 Å². The molecule has 1 heterocycles. The number of sulfone groups is 1. The highest BCUT2D eigenvalue weighted by atomic mass is 35.5. The van der Waals surface area contributed by atoms with Crippen LogP contribution in [0.3, 0.4) is 0 Å². The van der Waals surface area contributed by atoms with Crippen molar-refractivity contribution in [2.45, 2.75) is 25.8 Å². The van der Waals surface area contributed by atoms with Crippen LogP contribution in [0.4, 0.5) is 5.69 Å². The number of nitrogens with zero attached hydrogens (tertiary/aromatic N) is 1. The lowest BCUT2D eigenvalue weighted by molar-refractivity contribution is -0.116. The molecule has 2 rings (SSSR count). The van der Waals surface area contributed by atoms with Crippen molar-refractivity contribution in [1.82, 2.24) is 4.90 Å². The Labute approximate surface area is 136 Å². The van der Waals surface area contributed by atoms with Gasteiger partial charge in [-0.15, -0.1) is 0 Å². The molecule has 1 aromatic carbocycles. The molecule has 1 aliphatic heterocycles. The largest absolute Gasteiger partial charge is 0.326 e. The first-order chi connectivity index (χ1) is 10.4. The van der Waals surface area contributed by atoms with E-state index in [1.165, 1.54) is 0 Å². The molecule has 1 fully saturated rings. The smallest absolute Gasteiger partial charge is 0.225 e. The molecule has 1 N–H and O–H groups in total. The summed E-state index contributed by atoms with van der Waals surface area (Å²) in [6.45, 7) is 3.29. The summed E-state index contributed by atoms with van der Waals surface area (Å²) in [6.07, 6.45) is 0.989. The Balaban J connectivity index is 1.84. The van der Waals surface area contributed by atoms with Gasteiger partial charge in [0.2, 0.25) is 5.91 Å². The number of anilines is 1. The number of nitrogens with one attached hydrogen (secondary N) is 1. The lowest BCUT2D eigenvalue weighted by atomic mass is 10.2. The van der Waals surface area contributed by atoms with E-state index in [1.54, 1.807) is 24.3 Å². The third-order valence-corrected chi connectivity index (χ3v) is 5.85. The number of hydrogen-bond acceptors (Lipinski definition) is 4. The molecule has 0 radical (unpaired) electrons. The van der Waals surface area contributed by atoms with Crippen LogP contribution >= 0.6 is 11.6 Å². The molecule has 5 nitrogen and oxygen atoms in total. The summed E-state index contributed by atoms with van der Waals surface area (Å²) in [7, 11) is -2.90. The third kappa shape index (κ3) is 4.97. The van der Waals surface area contributed by atoms with Gasteiger partial charge in [0.25, 0.3) is 0 Å². The van der Waals surface area contributed by atoms with Crippen molar-refractivity contribution in [3.05, 3.63) is 29.3 Å². The maximum absolute atomic E-state index is 12.0. The van der Waals surface area contributed by atoms with Crippen molar-refractivity contribution in [2.75, 3.05) is 29.9 Å². The van der Waals surface area contributed by atoms with E-state index in [9.17, 15) is 13.2 Å². The van der Waals surface area contributed by atoms with Gasteiger partial charge in [-0.25, -0.2) is 8.42 Å². The zero-order chi connectivity index (χ0) is 16.2. The fourth-order valence-electron chi connectivity index (χ4n) is 2.70. The van der Waals surface area contributed by atoms with Crippen LogP contribution in [0.1, 0.15) is 19.8 Å². The average molecular weight is 345 g/mol. The highest BCUT2D eigenvalue weighted by Gasteiger charge is 2.31. The first-order valence-electron chi connectivity index (χ1n) is 7.39. The zero-order valence-corrected chi connectivity index (χ0v) is 14.2. The molecule has 1 atom stereocenters.